The summed E-state index contributed by atoms with van der Waals surface area (Å²) in [7, 11) is 0. The van der Waals surface area contributed by atoms with Crippen molar-refractivity contribution < 1.29 is 13.9 Å². The molecule has 0 amide bonds. The van der Waals surface area contributed by atoms with Crippen LogP contribution in [0.3, 0.4) is 0 Å². The van der Waals surface area contributed by atoms with Gasteiger partial charge in [-0.15, -0.1) is 0 Å². The summed E-state index contributed by atoms with van der Waals surface area (Å²) in [5, 5.41) is 0.277. The number of benzene rings is 1. The molecule has 0 bridgehead atoms. The molecule has 0 fully saturated rings. The minimum Gasteiger partial charge on any atom is -0.462 e. The molecule has 5 heteroatoms. The number of rotatable bonds is 2. The lowest BCUT2D eigenvalue weighted by atomic mass is 10.1. The van der Waals surface area contributed by atoms with Gasteiger partial charge in [0, 0.05) is 11.6 Å². The number of carbonyl (C=O) groups is 1. The number of aromatic amines is 1. The molecule has 0 unspecified atom stereocenters. The first-order chi connectivity index (χ1) is 8.54. The number of H-pyrrole nitrogens is 1. The predicted octanol–water partition coefficient (Wildman–Crippen LogP) is 2.15. The zero-order chi connectivity index (χ0) is 13.3. The molecule has 1 heterocycles. The minimum absolute atomic E-state index is 0.0737. The molecule has 0 saturated carbocycles. The summed E-state index contributed by atoms with van der Waals surface area (Å²) in [6.07, 6.45) is 1.25. The van der Waals surface area contributed by atoms with E-state index in [2.05, 4.69) is 4.98 Å². The van der Waals surface area contributed by atoms with Crippen LogP contribution in [-0.2, 0) is 4.74 Å². The van der Waals surface area contributed by atoms with Gasteiger partial charge in [-0.05, 0) is 31.5 Å². The quantitative estimate of drug-likeness (QED) is 0.829. The van der Waals surface area contributed by atoms with E-state index in [1.165, 1.54) is 18.3 Å². The first kappa shape index (κ1) is 12.3. The number of aromatic nitrogens is 1. The molecule has 2 aromatic rings. The largest absolute Gasteiger partial charge is 0.462 e. The van der Waals surface area contributed by atoms with Gasteiger partial charge in [0.25, 0.3) is 0 Å². The molecule has 1 aromatic heterocycles. The first-order valence-corrected chi connectivity index (χ1v) is 5.53. The highest BCUT2D eigenvalue weighted by molar-refractivity contribution is 5.93. The van der Waals surface area contributed by atoms with Crippen molar-refractivity contribution in [1.29, 1.82) is 0 Å². The molecule has 2 rings (SSSR count). The molecule has 1 N–H and O–H groups in total. The van der Waals surface area contributed by atoms with E-state index in [9.17, 15) is 14.0 Å². The van der Waals surface area contributed by atoms with Crippen LogP contribution in [0.2, 0.25) is 0 Å². The summed E-state index contributed by atoms with van der Waals surface area (Å²) in [4.78, 5) is 26.3. The number of pyridine rings is 1. The molecular weight excluding hydrogens is 237 g/mol. The molecule has 0 atom stereocenters. The lowest BCUT2D eigenvalue weighted by molar-refractivity contribution is 0.0524. The minimum atomic E-state index is -0.678. The van der Waals surface area contributed by atoms with Crippen LogP contribution in [0.15, 0.2) is 23.1 Å². The highest BCUT2D eigenvalue weighted by Gasteiger charge is 2.14. The Morgan fingerprint density at radius 2 is 2.17 bits per heavy atom. The Bertz CT molecular complexity index is 676. The molecule has 0 aliphatic carbocycles. The molecule has 0 saturated heterocycles. The molecule has 94 valence electrons. The van der Waals surface area contributed by atoms with E-state index in [1.54, 1.807) is 13.8 Å². The topological polar surface area (TPSA) is 59.2 Å². The van der Waals surface area contributed by atoms with Crippen LogP contribution >= 0.6 is 0 Å². The second-order valence-corrected chi connectivity index (χ2v) is 3.90. The van der Waals surface area contributed by atoms with Crippen molar-refractivity contribution in [2.75, 3.05) is 6.61 Å². The van der Waals surface area contributed by atoms with Gasteiger partial charge in [-0.2, -0.15) is 0 Å². The van der Waals surface area contributed by atoms with Crippen molar-refractivity contribution in [2.45, 2.75) is 13.8 Å². The number of hydrogen-bond acceptors (Lipinski definition) is 3. The maximum atomic E-state index is 13.3. The third-order valence-electron chi connectivity index (χ3n) is 2.66. The molecule has 1 aromatic carbocycles. The van der Waals surface area contributed by atoms with Gasteiger partial charge in [0.15, 0.2) is 0 Å². The predicted molar refractivity (Wildman–Crippen MR) is 65.2 cm³/mol. The zero-order valence-electron chi connectivity index (χ0n) is 10.0. The van der Waals surface area contributed by atoms with Crippen molar-refractivity contribution in [3.63, 3.8) is 0 Å². The van der Waals surface area contributed by atoms with Gasteiger partial charge >= 0.3 is 5.97 Å². The van der Waals surface area contributed by atoms with Crippen LogP contribution in [-0.4, -0.2) is 17.6 Å². The van der Waals surface area contributed by atoms with E-state index in [4.69, 9.17) is 4.74 Å². The van der Waals surface area contributed by atoms with Crippen LogP contribution in [0.1, 0.15) is 22.8 Å². The van der Waals surface area contributed by atoms with Crippen LogP contribution < -0.4 is 5.43 Å². The van der Waals surface area contributed by atoms with Crippen molar-refractivity contribution in [3.05, 3.63) is 45.5 Å². The number of carbonyl (C=O) groups excluding carboxylic acids is 1. The molecule has 0 radical (unpaired) electrons. The van der Waals surface area contributed by atoms with Gasteiger partial charge in [0.1, 0.15) is 11.4 Å². The Kier molecular flexibility index (Phi) is 3.14. The van der Waals surface area contributed by atoms with Crippen molar-refractivity contribution >= 4 is 16.9 Å². The summed E-state index contributed by atoms with van der Waals surface area (Å²) in [6, 6.07) is 2.66. The summed E-state index contributed by atoms with van der Waals surface area (Å²) in [6.45, 7) is 3.41. The van der Waals surface area contributed by atoms with Crippen LogP contribution in [0.5, 0.6) is 0 Å². The average molecular weight is 249 g/mol. The van der Waals surface area contributed by atoms with E-state index >= 15 is 0 Å². The van der Waals surface area contributed by atoms with Crippen molar-refractivity contribution in [2.24, 2.45) is 0 Å². The SMILES string of the molecule is CCOC(=O)c1c[nH]c2cc(F)c(C)cc2c1=O. The fourth-order valence-electron chi connectivity index (χ4n) is 1.71. The Balaban J connectivity index is 2.68. The van der Waals surface area contributed by atoms with E-state index in [0.29, 0.717) is 11.1 Å². The Morgan fingerprint density at radius 3 is 2.83 bits per heavy atom. The lowest BCUT2D eigenvalue weighted by Gasteiger charge is -2.04. The van der Waals surface area contributed by atoms with Gasteiger partial charge in [-0.1, -0.05) is 0 Å². The normalized spacial score (nSPS) is 10.6. The van der Waals surface area contributed by atoms with E-state index in [-0.39, 0.29) is 17.6 Å². The number of fused-ring (bicyclic) bond motifs is 1. The van der Waals surface area contributed by atoms with Gasteiger partial charge in [0.2, 0.25) is 5.43 Å². The number of hydrogen-bond donors (Lipinski definition) is 1. The molecule has 0 aliphatic heterocycles. The Hall–Kier alpha value is -2.17. The first-order valence-electron chi connectivity index (χ1n) is 5.53. The second kappa shape index (κ2) is 4.60. The summed E-state index contributed by atoms with van der Waals surface area (Å²) >= 11 is 0. The zero-order valence-corrected chi connectivity index (χ0v) is 10.0. The molecule has 0 aliphatic rings. The molecule has 0 spiro atoms. The third kappa shape index (κ3) is 1.99. The van der Waals surface area contributed by atoms with Crippen LogP contribution in [0.25, 0.3) is 10.9 Å². The Morgan fingerprint density at radius 1 is 1.44 bits per heavy atom. The molecular formula is C13H12FNO3. The van der Waals surface area contributed by atoms with Crippen LogP contribution in [0, 0.1) is 12.7 Å². The summed E-state index contributed by atoms with van der Waals surface area (Å²) < 4.78 is 18.1. The molecule has 18 heavy (non-hydrogen) atoms. The van der Waals surface area contributed by atoms with Gasteiger partial charge in [0.05, 0.1) is 12.1 Å². The Labute approximate surface area is 102 Å². The summed E-state index contributed by atoms with van der Waals surface area (Å²) in [5.41, 5.74) is 0.186. The summed E-state index contributed by atoms with van der Waals surface area (Å²) in [5.74, 6) is -1.08. The third-order valence-corrected chi connectivity index (χ3v) is 2.66. The fourth-order valence-corrected chi connectivity index (χ4v) is 1.71. The van der Waals surface area contributed by atoms with Crippen molar-refractivity contribution in [1.82, 2.24) is 4.98 Å². The number of halogens is 1. The van der Waals surface area contributed by atoms with Crippen molar-refractivity contribution in [3.8, 4) is 0 Å². The van der Waals surface area contributed by atoms with E-state index in [1.807, 2.05) is 0 Å². The highest BCUT2D eigenvalue weighted by Crippen LogP contribution is 2.14. The van der Waals surface area contributed by atoms with Crippen LogP contribution in [0.4, 0.5) is 4.39 Å². The number of ether oxygens (including phenoxy) is 1. The molecule has 4 nitrogen and oxygen atoms in total. The monoisotopic (exact) mass is 249 g/mol. The van der Waals surface area contributed by atoms with Gasteiger partial charge in [-0.25, -0.2) is 9.18 Å². The van der Waals surface area contributed by atoms with Gasteiger partial charge < -0.3 is 9.72 Å². The fraction of sp³-hybridized carbons (Fsp3) is 0.231. The maximum absolute atomic E-state index is 13.3. The number of aryl methyl sites for hydroxylation is 1. The highest BCUT2D eigenvalue weighted by atomic mass is 19.1. The average Bonchev–Trinajstić information content (AvgIpc) is 2.32. The maximum Gasteiger partial charge on any atom is 0.343 e. The second-order valence-electron chi connectivity index (χ2n) is 3.90. The van der Waals surface area contributed by atoms with E-state index < -0.39 is 17.2 Å². The lowest BCUT2D eigenvalue weighted by Crippen LogP contribution is -2.18. The smallest absolute Gasteiger partial charge is 0.343 e. The van der Waals surface area contributed by atoms with E-state index in [0.717, 1.165) is 0 Å². The number of esters is 1. The van der Waals surface area contributed by atoms with Gasteiger partial charge in [-0.3, -0.25) is 4.79 Å². The number of nitrogens with one attached hydrogen (secondary N) is 1. The standard InChI is InChI=1S/C13H12FNO3/c1-3-18-13(17)9-6-15-11-5-10(14)7(2)4-8(11)12(9)16/h4-6H,3H2,1-2H3,(H,15,16).